The van der Waals surface area contributed by atoms with Gasteiger partial charge in [0.05, 0.1) is 0 Å². The Bertz CT molecular complexity index is 1290. The molecule has 0 amide bonds. The Morgan fingerprint density at radius 2 is 0.767 bits per heavy atom. The number of benzene rings is 4. The predicted molar refractivity (Wildman–Crippen MR) is 184 cm³/mol. The van der Waals surface area contributed by atoms with Gasteiger partial charge in [-0.05, 0) is 83.0 Å². The molecule has 4 aromatic carbocycles. The SMILES string of the molecule is CC(C)c1cc(CCCCCCCCCCCc2cc(-c3ccccc3)c(O)c(C(C)C)c2)cc(-c2ccccc2)c1O. The number of unbranched alkanes of at least 4 members (excludes halogenated alkanes) is 8. The zero-order valence-electron chi connectivity index (χ0n) is 26.9. The van der Waals surface area contributed by atoms with Gasteiger partial charge in [0.2, 0.25) is 0 Å². The number of phenols is 2. The first kappa shape index (κ1) is 32.4. The van der Waals surface area contributed by atoms with E-state index in [1.165, 1.54) is 68.9 Å². The minimum absolute atomic E-state index is 0.299. The monoisotopic (exact) mass is 576 g/mol. The molecule has 2 nitrogen and oxygen atoms in total. The van der Waals surface area contributed by atoms with Crippen LogP contribution in [-0.2, 0) is 12.8 Å². The van der Waals surface area contributed by atoms with Gasteiger partial charge in [0, 0.05) is 11.1 Å². The zero-order valence-corrected chi connectivity index (χ0v) is 26.9. The van der Waals surface area contributed by atoms with Crippen molar-refractivity contribution >= 4 is 0 Å². The molecule has 0 atom stereocenters. The van der Waals surface area contributed by atoms with E-state index in [-0.39, 0.29) is 0 Å². The van der Waals surface area contributed by atoms with Crippen molar-refractivity contribution in [3.05, 3.63) is 107 Å². The van der Waals surface area contributed by atoms with Crippen molar-refractivity contribution in [1.82, 2.24) is 0 Å². The lowest BCUT2D eigenvalue weighted by Crippen LogP contribution is -1.96. The van der Waals surface area contributed by atoms with Crippen LogP contribution in [0.15, 0.2) is 84.9 Å². The molecule has 0 aromatic heterocycles. The van der Waals surface area contributed by atoms with E-state index in [4.69, 9.17) is 0 Å². The van der Waals surface area contributed by atoms with E-state index in [2.05, 4.69) is 76.2 Å². The van der Waals surface area contributed by atoms with Gasteiger partial charge in [0.1, 0.15) is 11.5 Å². The maximum absolute atomic E-state index is 10.9. The Morgan fingerprint density at radius 3 is 1.09 bits per heavy atom. The first-order chi connectivity index (χ1) is 20.8. The van der Waals surface area contributed by atoms with Crippen molar-refractivity contribution in [3.8, 4) is 33.8 Å². The first-order valence-corrected chi connectivity index (χ1v) is 16.7. The number of hydrogen-bond donors (Lipinski definition) is 2. The number of hydrogen-bond acceptors (Lipinski definition) is 2. The number of aryl methyl sites for hydroxylation is 2. The quantitative estimate of drug-likeness (QED) is 0.130. The number of aromatic hydroxyl groups is 2. The Labute approximate surface area is 260 Å². The molecule has 4 aromatic rings. The van der Waals surface area contributed by atoms with Crippen molar-refractivity contribution in [2.75, 3.05) is 0 Å². The minimum Gasteiger partial charge on any atom is -0.507 e. The molecule has 0 spiro atoms. The maximum Gasteiger partial charge on any atom is 0.126 e. The molecular weight excluding hydrogens is 524 g/mol. The summed E-state index contributed by atoms with van der Waals surface area (Å²) in [6.45, 7) is 8.63. The second-order valence-corrected chi connectivity index (χ2v) is 12.9. The molecule has 0 radical (unpaired) electrons. The van der Waals surface area contributed by atoms with Crippen LogP contribution in [0.5, 0.6) is 11.5 Å². The van der Waals surface area contributed by atoms with Crippen molar-refractivity contribution in [2.45, 2.75) is 110 Å². The molecule has 0 aliphatic rings. The molecule has 0 fully saturated rings. The van der Waals surface area contributed by atoms with Crippen LogP contribution in [0, 0.1) is 0 Å². The third-order valence-corrected chi connectivity index (χ3v) is 8.74. The molecule has 2 N–H and O–H groups in total. The summed E-state index contributed by atoms with van der Waals surface area (Å²) >= 11 is 0. The topological polar surface area (TPSA) is 40.5 Å². The van der Waals surface area contributed by atoms with Crippen LogP contribution < -0.4 is 0 Å². The second kappa shape index (κ2) is 16.4. The molecule has 228 valence electrons. The smallest absolute Gasteiger partial charge is 0.126 e. The van der Waals surface area contributed by atoms with E-state index in [1.807, 2.05) is 36.4 Å². The van der Waals surface area contributed by atoms with Gasteiger partial charge >= 0.3 is 0 Å². The Hall–Kier alpha value is -3.52. The lowest BCUT2D eigenvalue weighted by Gasteiger charge is -2.16. The maximum atomic E-state index is 10.9. The van der Waals surface area contributed by atoms with E-state index in [9.17, 15) is 10.2 Å². The molecule has 0 aliphatic carbocycles. The number of phenolic OH excluding ortho intramolecular Hbond substituents is 2. The van der Waals surface area contributed by atoms with Crippen molar-refractivity contribution in [2.24, 2.45) is 0 Å². The fraction of sp³-hybridized carbons (Fsp3) is 0.415. The van der Waals surface area contributed by atoms with Gasteiger partial charge in [-0.15, -0.1) is 0 Å². The Kier molecular flexibility index (Phi) is 12.3. The lowest BCUT2D eigenvalue weighted by molar-refractivity contribution is 0.466. The highest BCUT2D eigenvalue weighted by atomic mass is 16.3. The summed E-state index contributed by atoms with van der Waals surface area (Å²) in [5.41, 5.74) is 8.88. The van der Waals surface area contributed by atoms with Crippen molar-refractivity contribution < 1.29 is 10.2 Å². The summed E-state index contributed by atoms with van der Waals surface area (Å²) in [7, 11) is 0. The summed E-state index contributed by atoms with van der Waals surface area (Å²) < 4.78 is 0. The van der Waals surface area contributed by atoms with E-state index < -0.39 is 0 Å². The summed E-state index contributed by atoms with van der Waals surface area (Å²) in [5.74, 6) is 1.47. The van der Waals surface area contributed by atoms with Gasteiger partial charge < -0.3 is 10.2 Å². The third-order valence-electron chi connectivity index (χ3n) is 8.74. The molecule has 0 unspecified atom stereocenters. The highest BCUT2D eigenvalue weighted by Gasteiger charge is 2.15. The third kappa shape index (κ3) is 9.23. The van der Waals surface area contributed by atoms with Gasteiger partial charge in [0.15, 0.2) is 0 Å². The van der Waals surface area contributed by atoms with Crippen LogP contribution in [0.2, 0.25) is 0 Å². The molecule has 0 bridgehead atoms. The van der Waals surface area contributed by atoms with Crippen LogP contribution in [-0.4, -0.2) is 10.2 Å². The lowest BCUT2D eigenvalue weighted by atomic mass is 9.91. The first-order valence-electron chi connectivity index (χ1n) is 16.7. The fourth-order valence-corrected chi connectivity index (χ4v) is 6.18. The summed E-state index contributed by atoms with van der Waals surface area (Å²) in [6, 6.07) is 29.4. The van der Waals surface area contributed by atoms with Crippen molar-refractivity contribution in [1.29, 1.82) is 0 Å². The van der Waals surface area contributed by atoms with E-state index in [0.717, 1.165) is 46.2 Å². The van der Waals surface area contributed by atoms with Crippen LogP contribution in [0.1, 0.15) is 120 Å². The fourth-order valence-electron chi connectivity index (χ4n) is 6.18. The summed E-state index contributed by atoms with van der Waals surface area (Å²) in [6.07, 6.45) is 13.6. The van der Waals surface area contributed by atoms with Crippen LogP contribution in [0.4, 0.5) is 0 Å². The molecule has 43 heavy (non-hydrogen) atoms. The Morgan fingerprint density at radius 1 is 0.442 bits per heavy atom. The van der Waals surface area contributed by atoms with Gasteiger partial charge in [-0.25, -0.2) is 0 Å². The van der Waals surface area contributed by atoms with Gasteiger partial charge in [-0.3, -0.25) is 0 Å². The van der Waals surface area contributed by atoms with Crippen molar-refractivity contribution in [3.63, 3.8) is 0 Å². The molecule has 0 saturated heterocycles. The van der Waals surface area contributed by atoms with Crippen LogP contribution in [0.3, 0.4) is 0 Å². The van der Waals surface area contributed by atoms with Gasteiger partial charge in [-0.1, -0.05) is 145 Å². The largest absolute Gasteiger partial charge is 0.507 e. The minimum atomic E-state index is 0.299. The molecule has 0 saturated carbocycles. The van der Waals surface area contributed by atoms with Gasteiger partial charge in [-0.2, -0.15) is 0 Å². The van der Waals surface area contributed by atoms with Crippen LogP contribution in [0.25, 0.3) is 22.3 Å². The summed E-state index contributed by atoms with van der Waals surface area (Å²) in [5, 5.41) is 21.9. The molecule has 4 rings (SSSR count). The predicted octanol–water partition coefficient (Wildman–Crippen LogP) is 12.0. The average molecular weight is 577 g/mol. The highest BCUT2D eigenvalue weighted by Crippen LogP contribution is 2.39. The molecule has 0 heterocycles. The zero-order chi connectivity index (χ0) is 30.6. The Balaban J connectivity index is 1.15. The molecular formula is C41H52O2. The molecule has 0 aliphatic heterocycles. The summed E-state index contributed by atoms with van der Waals surface area (Å²) in [4.78, 5) is 0. The van der Waals surface area contributed by atoms with E-state index >= 15 is 0 Å². The van der Waals surface area contributed by atoms with Gasteiger partial charge in [0.25, 0.3) is 0 Å². The van der Waals surface area contributed by atoms with Crippen LogP contribution >= 0.6 is 0 Å². The normalized spacial score (nSPS) is 11.5. The van der Waals surface area contributed by atoms with E-state index in [1.54, 1.807) is 0 Å². The average Bonchev–Trinajstić information content (AvgIpc) is 3.01. The number of rotatable bonds is 16. The standard InChI is InChI=1S/C41H52O2/c1-30(2)36-26-32(28-38(40(36)42)34-22-16-12-17-23-34)20-14-10-8-6-5-7-9-11-15-21-33-27-37(31(3)4)41(43)39(29-33)35-24-18-13-19-25-35/h12-13,16-19,22-31,42-43H,5-11,14-15,20-21H2,1-4H3. The molecule has 2 heteroatoms. The highest BCUT2D eigenvalue weighted by molar-refractivity contribution is 5.74. The van der Waals surface area contributed by atoms with E-state index in [0.29, 0.717) is 23.3 Å². The second-order valence-electron chi connectivity index (χ2n) is 12.9.